The van der Waals surface area contributed by atoms with Crippen LogP contribution in [0.25, 0.3) is 0 Å². The van der Waals surface area contributed by atoms with Gasteiger partial charge >= 0.3 is 0 Å². The van der Waals surface area contributed by atoms with Crippen molar-refractivity contribution in [3.05, 3.63) is 12.2 Å². The molecule has 0 spiro atoms. The molecule has 132 valence electrons. The van der Waals surface area contributed by atoms with Crippen molar-refractivity contribution < 1.29 is 24.5 Å². The van der Waals surface area contributed by atoms with Crippen molar-refractivity contribution in [3.8, 4) is 0 Å². The van der Waals surface area contributed by atoms with E-state index in [1.807, 2.05) is 17.9 Å². The van der Waals surface area contributed by atoms with E-state index in [-0.39, 0.29) is 24.5 Å². The van der Waals surface area contributed by atoms with Crippen LogP contribution in [0.4, 0.5) is 0 Å². The number of likely N-dealkylation sites (tertiary alicyclic amines) is 1. The molecular formula is C17H29NO5. The molecule has 0 radical (unpaired) electrons. The standard InChI is InChI=1S/C17H29NO5/c1-12(22-17-15(20)11-14(19)13(2)23-17)7-3-4-8-16(21)18-9-5-6-10-18/h4,8,12-15,17,19-20H,3,5-7,9-11H2,1-2H3/t12?,13-,14+,15+,17+/m0/s1. The molecule has 0 aromatic rings. The Morgan fingerprint density at radius 3 is 2.74 bits per heavy atom. The number of carbonyl (C=O) groups is 1. The van der Waals surface area contributed by atoms with Gasteiger partial charge in [-0.15, -0.1) is 0 Å². The molecule has 0 saturated carbocycles. The second-order valence-corrected chi connectivity index (χ2v) is 6.54. The number of rotatable bonds is 6. The van der Waals surface area contributed by atoms with Crippen molar-refractivity contribution >= 4 is 5.91 Å². The largest absolute Gasteiger partial charge is 0.390 e. The van der Waals surface area contributed by atoms with Crippen LogP contribution >= 0.6 is 0 Å². The van der Waals surface area contributed by atoms with Gasteiger partial charge in [0.15, 0.2) is 6.29 Å². The Bertz CT molecular complexity index is 408. The van der Waals surface area contributed by atoms with Crippen molar-refractivity contribution in [2.45, 2.75) is 76.7 Å². The molecule has 0 aromatic carbocycles. The van der Waals surface area contributed by atoms with Crippen LogP contribution in [0.3, 0.4) is 0 Å². The molecule has 23 heavy (non-hydrogen) atoms. The van der Waals surface area contributed by atoms with Gasteiger partial charge < -0.3 is 24.6 Å². The number of hydrogen-bond donors (Lipinski definition) is 2. The van der Waals surface area contributed by atoms with Gasteiger partial charge in [0, 0.05) is 19.5 Å². The summed E-state index contributed by atoms with van der Waals surface area (Å²) in [6.07, 6.45) is 4.87. The van der Waals surface area contributed by atoms with E-state index < -0.39 is 18.5 Å². The minimum absolute atomic E-state index is 0.0879. The van der Waals surface area contributed by atoms with E-state index in [1.54, 1.807) is 13.0 Å². The van der Waals surface area contributed by atoms with Crippen molar-refractivity contribution in [2.24, 2.45) is 0 Å². The molecule has 2 aliphatic rings. The van der Waals surface area contributed by atoms with E-state index in [2.05, 4.69) is 0 Å². The summed E-state index contributed by atoms with van der Waals surface area (Å²) in [7, 11) is 0. The van der Waals surface area contributed by atoms with Crippen LogP contribution in [0.15, 0.2) is 12.2 Å². The van der Waals surface area contributed by atoms with E-state index in [9.17, 15) is 15.0 Å². The Balaban J connectivity index is 1.66. The van der Waals surface area contributed by atoms with Gasteiger partial charge in [0.1, 0.15) is 6.10 Å². The molecule has 6 heteroatoms. The van der Waals surface area contributed by atoms with E-state index in [0.717, 1.165) is 38.8 Å². The average molecular weight is 327 g/mol. The minimum atomic E-state index is -0.809. The fourth-order valence-corrected chi connectivity index (χ4v) is 2.92. The van der Waals surface area contributed by atoms with Gasteiger partial charge in [-0.25, -0.2) is 0 Å². The Kier molecular flexibility index (Phi) is 7.02. The second kappa shape index (κ2) is 8.78. The van der Waals surface area contributed by atoms with Crippen LogP contribution in [0, 0.1) is 0 Å². The zero-order valence-electron chi connectivity index (χ0n) is 14.1. The van der Waals surface area contributed by atoms with Crippen LogP contribution in [0.2, 0.25) is 0 Å². The van der Waals surface area contributed by atoms with E-state index in [1.165, 1.54) is 0 Å². The fourth-order valence-electron chi connectivity index (χ4n) is 2.92. The quantitative estimate of drug-likeness (QED) is 0.717. The minimum Gasteiger partial charge on any atom is -0.390 e. The maximum absolute atomic E-state index is 11.8. The van der Waals surface area contributed by atoms with Gasteiger partial charge in [-0.3, -0.25) is 4.79 Å². The molecule has 1 amide bonds. The Hall–Kier alpha value is -0.950. The van der Waals surface area contributed by atoms with Crippen LogP contribution in [-0.2, 0) is 14.3 Å². The highest BCUT2D eigenvalue weighted by molar-refractivity contribution is 5.87. The van der Waals surface area contributed by atoms with Gasteiger partial charge in [0.25, 0.3) is 0 Å². The molecule has 0 bridgehead atoms. The van der Waals surface area contributed by atoms with Crippen LogP contribution in [0.1, 0.15) is 46.0 Å². The first-order valence-electron chi connectivity index (χ1n) is 8.60. The Labute approximate surface area is 138 Å². The Morgan fingerprint density at radius 2 is 2.04 bits per heavy atom. The first-order valence-corrected chi connectivity index (χ1v) is 8.60. The second-order valence-electron chi connectivity index (χ2n) is 6.54. The Morgan fingerprint density at radius 1 is 1.35 bits per heavy atom. The molecule has 1 unspecified atom stereocenters. The normalized spacial score (nSPS) is 33.3. The summed E-state index contributed by atoms with van der Waals surface area (Å²) in [5, 5.41) is 19.5. The number of aliphatic hydroxyl groups is 2. The number of ether oxygens (including phenoxy) is 2. The summed E-state index contributed by atoms with van der Waals surface area (Å²) in [5.74, 6) is 0.0879. The van der Waals surface area contributed by atoms with Crippen molar-refractivity contribution in [2.75, 3.05) is 13.1 Å². The third kappa shape index (κ3) is 5.57. The lowest BCUT2D eigenvalue weighted by molar-refractivity contribution is -0.273. The maximum Gasteiger partial charge on any atom is 0.246 e. The lowest BCUT2D eigenvalue weighted by atomic mass is 10.0. The molecule has 2 fully saturated rings. The number of aliphatic hydroxyl groups excluding tert-OH is 2. The van der Waals surface area contributed by atoms with Crippen LogP contribution in [0.5, 0.6) is 0 Å². The lowest BCUT2D eigenvalue weighted by Crippen LogP contribution is -2.48. The van der Waals surface area contributed by atoms with Gasteiger partial charge in [0.2, 0.25) is 5.91 Å². The van der Waals surface area contributed by atoms with E-state index in [4.69, 9.17) is 9.47 Å². The highest BCUT2D eigenvalue weighted by Gasteiger charge is 2.35. The van der Waals surface area contributed by atoms with Gasteiger partial charge in [0.05, 0.1) is 18.3 Å². The number of carbonyl (C=O) groups excluding carboxylic acids is 1. The van der Waals surface area contributed by atoms with Gasteiger partial charge in [-0.2, -0.15) is 0 Å². The number of nitrogens with zero attached hydrogens (tertiary/aromatic N) is 1. The molecule has 6 nitrogen and oxygen atoms in total. The predicted molar refractivity (Wildman–Crippen MR) is 85.7 cm³/mol. The van der Waals surface area contributed by atoms with Crippen molar-refractivity contribution in [1.29, 1.82) is 0 Å². The SMILES string of the molecule is CC(CCC=CC(=O)N1CCCC1)O[C@@H]1O[C@@H](C)[C@H](O)C[C@H]1O. The summed E-state index contributed by atoms with van der Waals surface area (Å²) in [4.78, 5) is 13.7. The first-order chi connectivity index (χ1) is 11.0. The highest BCUT2D eigenvalue weighted by atomic mass is 16.7. The van der Waals surface area contributed by atoms with Crippen molar-refractivity contribution in [3.63, 3.8) is 0 Å². The molecule has 5 atom stereocenters. The maximum atomic E-state index is 11.8. The average Bonchev–Trinajstić information content (AvgIpc) is 3.03. The fraction of sp³-hybridized carbons (Fsp3) is 0.824. The van der Waals surface area contributed by atoms with Gasteiger partial charge in [-0.1, -0.05) is 6.08 Å². The summed E-state index contributed by atoms with van der Waals surface area (Å²) in [6, 6.07) is 0. The zero-order valence-corrected chi connectivity index (χ0v) is 14.1. The molecule has 2 heterocycles. The third-order valence-electron chi connectivity index (χ3n) is 4.47. The summed E-state index contributed by atoms with van der Waals surface area (Å²) < 4.78 is 11.2. The topological polar surface area (TPSA) is 79.2 Å². The number of hydrogen-bond acceptors (Lipinski definition) is 5. The summed E-state index contributed by atoms with van der Waals surface area (Å²) in [5.41, 5.74) is 0. The van der Waals surface area contributed by atoms with Crippen LogP contribution in [-0.4, -0.2) is 64.8 Å². The molecular weight excluding hydrogens is 298 g/mol. The zero-order chi connectivity index (χ0) is 16.8. The molecule has 2 aliphatic heterocycles. The van der Waals surface area contributed by atoms with Crippen molar-refractivity contribution in [1.82, 2.24) is 4.90 Å². The lowest BCUT2D eigenvalue weighted by Gasteiger charge is -2.36. The number of amides is 1. The molecule has 2 N–H and O–H groups in total. The molecule has 0 aliphatic carbocycles. The first kappa shape index (κ1) is 18.4. The smallest absolute Gasteiger partial charge is 0.246 e. The molecule has 0 aromatic heterocycles. The third-order valence-corrected chi connectivity index (χ3v) is 4.47. The molecule has 2 rings (SSSR count). The highest BCUT2D eigenvalue weighted by Crippen LogP contribution is 2.22. The summed E-state index contributed by atoms with van der Waals surface area (Å²) >= 11 is 0. The summed E-state index contributed by atoms with van der Waals surface area (Å²) in [6.45, 7) is 5.42. The predicted octanol–water partition coefficient (Wildman–Crippen LogP) is 1.21. The van der Waals surface area contributed by atoms with Gasteiger partial charge in [-0.05, 0) is 45.6 Å². The number of allylic oxidation sites excluding steroid dienone is 1. The monoisotopic (exact) mass is 327 g/mol. The van der Waals surface area contributed by atoms with E-state index in [0.29, 0.717) is 0 Å². The molecule has 2 saturated heterocycles. The van der Waals surface area contributed by atoms with Crippen LogP contribution < -0.4 is 0 Å². The van der Waals surface area contributed by atoms with E-state index >= 15 is 0 Å².